The summed E-state index contributed by atoms with van der Waals surface area (Å²) in [6.45, 7) is 6.06. The molecule has 6 heteroatoms. The van der Waals surface area contributed by atoms with Crippen LogP contribution in [0.4, 0.5) is 10.2 Å². The van der Waals surface area contributed by atoms with Gasteiger partial charge >= 0.3 is 0 Å². The fourth-order valence-corrected chi connectivity index (χ4v) is 2.53. The lowest BCUT2D eigenvalue weighted by molar-refractivity contribution is 0.102. The predicted molar refractivity (Wildman–Crippen MR) is 101 cm³/mol. The summed E-state index contributed by atoms with van der Waals surface area (Å²) in [5.41, 5.74) is 1.97. The van der Waals surface area contributed by atoms with Crippen LogP contribution in [-0.4, -0.2) is 15.7 Å². The zero-order chi connectivity index (χ0) is 19.6. The molecule has 3 rings (SSSR count). The minimum Gasteiger partial charge on any atom is -0.306 e. The van der Waals surface area contributed by atoms with Crippen LogP contribution in [0.1, 0.15) is 42.4 Å². The third kappa shape index (κ3) is 4.04. The predicted octanol–water partition coefficient (Wildman–Crippen LogP) is 4.43. The molecule has 136 valence electrons. The number of rotatable bonds is 3. The van der Waals surface area contributed by atoms with E-state index in [1.807, 2.05) is 26.8 Å². The maximum atomic E-state index is 13.3. The van der Waals surface area contributed by atoms with Crippen molar-refractivity contribution < 1.29 is 9.18 Å². The number of hydrogen-bond acceptors (Lipinski definition) is 3. The van der Waals surface area contributed by atoms with E-state index in [4.69, 9.17) is 5.26 Å². The summed E-state index contributed by atoms with van der Waals surface area (Å²) < 4.78 is 14.8. The third-order valence-corrected chi connectivity index (χ3v) is 4.04. The van der Waals surface area contributed by atoms with Gasteiger partial charge in [-0.1, -0.05) is 26.8 Å². The number of amides is 1. The Hall–Kier alpha value is -3.46. The molecule has 1 aromatic heterocycles. The van der Waals surface area contributed by atoms with E-state index in [1.165, 1.54) is 18.2 Å². The van der Waals surface area contributed by atoms with Crippen LogP contribution < -0.4 is 5.32 Å². The number of anilines is 1. The van der Waals surface area contributed by atoms with Crippen LogP contribution in [0.25, 0.3) is 5.69 Å². The molecule has 1 heterocycles. The van der Waals surface area contributed by atoms with Crippen molar-refractivity contribution in [1.29, 1.82) is 5.26 Å². The Balaban J connectivity index is 2.00. The minimum atomic E-state index is -0.351. The molecule has 1 amide bonds. The van der Waals surface area contributed by atoms with E-state index in [2.05, 4.69) is 10.4 Å². The molecule has 0 aliphatic rings. The smallest absolute Gasteiger partial charge is 0.256 e. The van der Waals surface area contributed by atoms with Gasteiger partial charge in [0.2, 0.25) is 0 Å². The number of nitrogens with zero attached hydrogens (tertiary/aromatic N) is 3. The minimum absolute atomic E-state index is 0.231. The van der Waals surface area contributed by atoms with Crippen molar-refractivity contribution in [3.05, 3.63) is 77.2 Å². The van der Waals surface area contributed by atoms with Crippen LogP contribution in [0, 0.1) is 17.1 Å². The van der Waals surface area contributed by atoms with E-state index in [0.717, 1.165) is 5.69 Å². The van der Waals surface area contributed by atoms with E-state index in [1.54, 1.807) is 41.1 Å². The fraction of sp³-hybridized carbons (Fsp3) is 0.190. The van der Waals surface area contributed by atoms with Crippen LogP contribution >= 0.6 is 0 Å². The first-order valence-corrected chi connectivity index (χ1v) is 8.46. The Bertz CT molecular complexity index is 1020. The quantitative estimate of drug-likeness (QED) is 0.749. The Morgan fingerprint density at radius 2 is 1.85 bits per heavy atom. The fourth-order valence-electron chi connectivity index (χ4n) is 2.53. The number of aromatic nitrogens is 2. The summed E-state index contributed by atoms with van der Waals surface area (Å²) in [5.74, 6) is -0.226. The number of carbonyl (C=O) groups is 1. The molecule has 0 saturated carbocycles. The molecule has 0 atom stereocenters. The summed E-state index contributed by atoms with van der Waals surface area (Å²) in [6, 6.07) is 16.2. The van der Waals surface area contributed by atoms with Crippen LogP contribution in [0.3, 0.4) is 0 Å². The van der Waals surface area contributed by atoms with Crippen LogP contribution in [0.5, 0.6) is 0 Å². The average Bonchev–Trinajstić information content (AvgIpc) is 3.06. The molecule has 3 aromatic rings. The molecule has 5 nitrogen and oxygen atoms in total. The van der Waals surface area contributed by atoms with Gasteiger partial charge in [0.1, 0.15) is 11.6 Å². The van der Waals surface area contributed by atoms with Crippen molar-refractivity contribution in [1.82, 2.24) is 9.78 Å². The molecule has 2 aromatic carbocycles. The van der Waals surface area contributed by atoms with Gasteiger partial charge in [0, 0.05) is 17.0 Å². The number of benzene rings is 2. The van der Waals surface area contributed by atoms with Gasteiger partial charge in [-0.25, -0.2) is 9.07 Å². The van der Waals surface area contributed by atoms with Crippen LogP contribution in [-0.2, 0) is 5.41 Å². The highest BCUT2D eigenvalue weighted by Crippen LogP contribution is 2.26. The van der Waals surface area contributed by atoms with Crippen LogP contribution in [0.2, 0.25) is 0 Å². The van der Waals surface area contributed by atoms with Gasteiger partial charge in [-0.3, -0.25) is 4.79 Å². The maximum absolute atomic E-state index is 13.3. The SMILES string of the molecule is CC(C)(C)c1cc(NC(=O)c2cccc(C#N)c2)n(-c2ccc(F)cc2)n1. The largest absolute Gasteiger partial charge is 0.306 e. The van der Waals surface area contributed by atoms with Gasteiger partial charge in [-0.05, 0) is 42.5 Å². The first-order chi connectivity index (χ1) is 12.8. The number of nitrogens with one attached hydrogen (secondary N) is 1. The lowest BCUT2D eigenvalue weighted by atomic mass is 9.92. The normalized spacial score (nSPS) is 11.1. The number of hydrogen-bond donors (Lipinski definition) is 1. The Labute approximate surface area is 157 Å². The molecule has 0 aliphatic carbocycles. The zero-order valence-electron chi connectivity index (χ0n) is 15.3. The Kier molecular flexibility index (Phi) is 4.78. The molecule has 0 radical (unpaired) electrons. The van der Waals surface area contributed by atoms with Gasteiger partial charge < -0.3 is 5.32 Å². The summed E-state index contributed by atoms with van der Waals surface area (Å²) >= 11 is 0. The molecular formula is C21H19FN4O. The van der Waals surface area contributed by atoms with E-state index in [-0.39, 0.29) is 17.1 Å². The summed E-state index contributed by atoms with van der Waals surface area (Å²) in [4.78, 5) is 12.7. The van der Waals surface area contributed by atoms with Gasteiger partial charge in [0.15, 0.2) is 0 Å². The number of carbonyl (C=O) groups excluding carboxylic acids is 1. The second kappa shape index (κ2) is 7.04. The average molecular weight is 362 g/mol. The summed E-state index contributed by atoms with van der Waals surface area (Å²) in [6.07, 6.45) is 0. The molecule has 1 N–H and O–H groups in total. The lowest BCUT2D eigenvalue weighted by Gasteiger charge is -2.14. The second-order valence-corrected chi connectivity index (χ2v) is 7.20. The lowest BCUT2D eigenvalue weighted by Crippen LogP contribution is -2.15. The third-order valence-electron chi connectivity index (χ3n) is 4.04. The highest BCUT2D eigenvalue weighted by atomic mass is 19.1. The van der Waals surface area contributed by atoms with E-state index >= 15 is 0 Å². The first kappa shape index (κ1) is 18.3. The van der Waals surface area contributed by atoms with Crippen molar-refractivity contribution in [3.8, 4) is 11.8 Å². The van der Waals surface area contributed by atoms with Crippen molar-refractivity contribution in [3.63, 3.8) is 0 Å². The monoisotopic (exact) mass is 362 g/mol. The first-order valence-electron chi connectivity index (χ1n) is 8.46. The molecule has 0 aliphatic heterocycles. The summed E-state index contributed by atoms with van der Waals surface area (Å²) in [5, 5.41) is 16.4. The topological polar surface area (TPSA) is 70.7 Å². The zero-order valence-corrected chi connectivity index (χ0v) is 15.3. The van der Waals surface area contributed by atoms with Crippen molar-refractivity contribution in [2.24, 2.45) is 0 Å². The molecule has 0 saturated heterocycles. The maximum Gasteiger partial charge on any atom is 0.256 e. The van der Waals surface area contributed by atoms with E-state index < -0.39 is 0 Å². The van der Waals surface area contributed by atoms with Gasteiger partial charge in [-0.15, -0.1) is 0 Å². The number of nitriles is 1. The van der Waals surface area contributed by atoms with Gasteiger partial charge in [0.25, 0.3) is 5.91 Å². The molecule has 0 fully saturated rings. The van der Waals surface area contributed by atoms with Crippen molar-refractivity contribution in [2.75, 3.05) is 5.32 Å². The van der Waals surface area contributed by atoms with Gasteiger partial charge in [-0.2, -0.15) is 10.4 Å². The Morgan fingerprint density at radius 3 is 2.48 bits per heavy atom. The van der Waals surface area contributed by atoms with E-state index in [9.17, 15) is 9.18 Å². The van der Waals surface area contributed by atoms with Crippen LogP contribution in [0.15, 0.2) is 54.6 Å². The number of halogens is 1. The molecule has 0 bridgehead atoms. The molecule has 0 unspecified atom stereocenters. The highest BCUT2D eigenvalue weighted by molar-refractivity contribution is 6.04. The van der Waals surface area contributed by atoms with Crippen molar-refractivity contribution >= 4 is 11.7 Å². The van der Waals surface area contributed by atoms with Crippen molar-refractivity contribution in [2.45, 2.75) is 26.2 Å². The van der Waals surface area contributed by atoms with Gasteiger partial charge in [0.05, 0.1) is 23.0 Å². The molecule has 0 spiro atoms. The second-order valence-electron chi connectivity index (χ2n) is 7.20. The molecular weight excluding hydrogens is 343 g/mol. The standard InChI is InChI=1S/C21H19FN4O/c1-21(2,3)18-12-19(26(25-18)17-9-7-16(22)8-10-17)24-20(27)15-6-4-5-14(11-15)13-23/h4-12H,1-3H3,(H,24,27). The molecule has 27 heavy (non-hydrogen) atoms. The summed E-state index contributed by atoms with van der Waals surface area (Å²) in [7, 11) is 0. The van der Waals surface area contributed by atoms with E-state index in [0.29, 0.717) is 22.6 Å². The highest BCUT2D eigenvalue weighted by Gasteiger charge is 2.22. The Morgan fingerprint density at radius 1 is 1.15 bits per heavy atom.